The molecule has 9 heteroatoms. The van der Waals surface area contributed by atoms with Gasteiger partial charge < -0.3 is 30.7 Å². The van der Waals surface area contributed by atoms with Crippen molar-refractivity contribution in [2.75, 3.05) is 12.8 Å². The highest BCUT2D eigenvalue weighted by Gasteiger charge is 2.48. The fourth-order valence-corrected chi connectivity index (χ4v) is 4.54. The largest absolute Gasteiger partial charge is 0.388 e. The number of alkyl halides is 1. The molecule has 0 spiro atoms. The molecular weight excluding hydrogens is 380 g/mol. The third-order valence-corrected chi connectivity index (χ3v) is 6.53. The van der Waals surface area contributed by atoms with Crippen LogP contribution in [0.4, 0.5) is 0 Å². The predicted molar refractivity (Wildman–Crippen MR) is 102 cm³/mol. The van der Waals surface area contributed by atoms with Crippen molar-refractivity contribution in [3.63, 3.8) is 0 Å². The van der Waals surface area contributed by atoms with Crippen LogP contribution in [-0.4, -0.2) is 81.3 Å². The van der Waals surface area contributed by atoms with Gasteiger partial charge >= 0.3 is 0 Å². The molecule has 0 aromatic carbocycles. The fraction of sp³-hybridized carbons (Fsp3) is 0.941. The van der Waals surface area contributed by atoms with Gasteiger partial charge in [-0.25, -0.2) is 0 Å². The van der Waals surface area contributed by atoms with Gasteiger partial charge in [-0.2, -0.15) is 0 Å². The molecule has 0 unspecified atom stereocenters. The highest BCUT2D eigenvalue weighted by molar-refractivity contribution is 7.99. The van der Waals surface area contributed by atoms with Crippen LogP contribution < -0.4 is 10.6 Å². The maximum atomic E-state index is 12.7. The number of halogens is 1. The average Bonchev–Trinajstić information content (AvgIpc) is 2.64. The highest BCUT2D eigenvalue weighted by atomic mass is 35.5. The van der Waals surface area contributed by atoms with Gasteiger partial charge in [0.1, 0.15) is 29.9 Å². The first-order valence-corrected chi connectivity index (χ1v) is 10.9. The SMILES string of the molecule is CC[C@H]1CCN[C@H](C(=O)N[C@@H]([C@H]2O[C@H](SC)[C@H](O)[C@@H](O)[C@H]2O)[C@H](C)Cl)C1. The van der Waals surface area contributed by atoms with Crippen molar-refractivity contribution in [1.82, 2.24) is 10.6 Å². The smallest absolute Gasteiger partial charge is 0.237 e. The number of carbonyl (C=O) groups excluding carboxylic acids is 1. The summed E-state index contributed by atoms with van der Waals surface area (Å²) in [6.45, 7) is 4.62. The Kier molecular flexibility index (Phi) is 8.46. The summed E-state index contributed by atoms with van der Waals surface area (Å²) in [4.78, 5) is 12.7. The van der Waals surface area contributed by atoms with E-state index in [-0.39, 0.29) is 11.9 Å². The van der Waals surface area contributed by atoms with Crippen LogP contribution in [0.5, 0.6) is 0 Å². The van der Waals surface area contributed by atoms with Crippen LogP contribution in [0.25, 0.3) is 0 Å². The van der Waals surface area contributed by atoms with Crippen LogP contribution in [0.2, 0.25) is 0 Å². The minimum Gasteiger partial charge on any atom is -0.388 e. The molecule has 0 saturated carbocycles. The molecule has 2 fully saturated rings. The third-order valence-electron chi connectivity index (χ3n) is 5.40. The molecule has 2 saturated heterocycles. The number of ether oxygens (including phenoxy) is 1. The van der Waals surface area contributed by atoms with Crippen molar-refractivity contribution in [1.29, 1.82) is 0 Å². The Hall–Kier alpha value is -0.0900. The lowest BCUT2D eigenvalue weighted by atomic mass is 9.89. The molecule has 2 rings (SSSR count). The molecule has 2 heterocycles. The second-order valence-electron chi connectivity index (χ2n) is 7.19. The lowest BCUT2D eigenvalue weighted by Gasteiger charge is -2.44. The predicted octanol–water partition coefficient (Wildman–Crippen LogP) is 0.0473. The summed E-state index contributed by atoms with van der Waals surface area (Å²) in [5.74, 6) is 0.325. The zero-order valence-corrected chi connectivity index (χ0v) is 17.0. The van der Waals surface area contributed by atoms with E-state index in [2.05, 4.69) is 17.6 Å². The molecule has 0 aliphatic carbocycles. The van der Waals surface area contributed by atoms with Crippen molar-refractivity contribution in [3.8, 4) is 0 Å². The molecule has 1 amide bonds. The van der Waals surface area contributed by atoms with Crippen LogP contribution in [0.3, 0.4) is 0 Å². The van der Waals surface area contributed by atoms with Crippen molar-refractivity contribution < 1.29 is 24.9 Å². The molecule has 2 aliphatic heterocycles. The number of rotatable bonds is 6. The number of carbonyl (C=O) groups is 1. The number of aliphatic hydroxyl groups excluding tert-OH is 3. The van der Waals surface area contributed by atoms with Gasteiger partial charge in [0.15, 0.2) is 0 Å². The number of aliphatic hydroxyl groups is 3. The van der Waals surface area contributed by atoms with E-state index in [1.807, 2.05) is 0 Å². The Bertz CT molecular complexity index is 470. The number of thioether (sulfide) groups is 1. The normalized spacial score (nSPS) is 40.7. The number of hydrogen-bond donors (Lipinski definition) is 5. The third kappa shape index (κ3) is 5.04. The first-order valence-electron chi connectivity index (χ1n) is 9.20. The summed E-state index contributed by atoms with van der Waals surface area (Å²) in [7, 11) is 0. The Balaban J connectivity index is 2.09. The van der Waals surface area contributed by atoms with Crippen LogP contribution >= 0.6 is 23.4 Å². The fourth-order valence-electron chi connectivity index (χ4n) is 3.66. The van der Waals surface area contributed by atoms with Gasteiger partial charge in [-0.1, -0.05) is 13.3 Å². The molecule has 26 heavy (non-hydrogen) atoms. The standard InChI is InChI=1S/C17H31ClN2O5S/c1-4-9-5-6-19-10(7-9)16(24)20-11(8(2)18)15-13(22)12(21)14(23)17(25-15)26-3/h8-15,17,19,21-23H,4-7H2,1-3H3,(H,20,24)/t8-,9-,10-,11+,12-,13+,14+,15+,17+/m0/s1. The zero-order valence-electron chi connectivity index (χ0n) is 15.5. The van der Waals surface area contributed by atoms with E-state index in [1.54, 1.807) is 13.2 Å². The molecule has 152 valence electrons. The molecule has 0 aromatic rings. The van der Waals surface area contributed by atoms with Gasteiger partial charge in [0.25, 0.3) is 0 Å². The zero-order chi connectivity index (χ0) is 19.4. The van der Waals surface area contributed by atoms with Crippen LogP contribution in [0.15, 0.2) is 0 Å². The van der Waals surface area contributed by atoms with Gasteiger partial charge in [0.2, 0.25) is 5.91 Å². The van der Waals surface area contributed by atoms with Gasteiger partial charge in [-0.05, 0) is 38.5 Å². The Morgan fingerprint density at radius 3 is 2.62 bits per heavy atom. The highest BCUT2D eigenvalue weighted by Crippen LogP contribution is 2.30. The van der Waals surface area contributed by atoms with Crippen LogP contribution in [0, 0.1) is 5.92 Å². The van der Waals surface area contributed by atoms with E-state index in [9.17, 15) is 20.1 Å². The van der Waals surface area contributed by atoms with E-state index < -0.39 is 41.3 Å². The molecular formula is C17H31ClN2O5S. The monoisotopic (exact) mass is 410 g/mol. The summed E-state index contributed by atoms with van der Waals surface area (Å²) in [6.07, 6.45) is -0.236. The number of piperidine rings is 1. The molecule has 0 radical (unpaired) electrons. The van der Waals surface area contributed by atoms with E-state index in [4.69, 9.17) is 16.3 Å². The van der Waals surface area contributed by atoms with Crippen molar-refractivity contribution in [2.45, 2.75) is 80.4 Å². The molecule has 9 atom stereocenters. The van der Waals surface area contributed by atoms with Gasteiger partial charge in [-0.15, -0.1) is 23.4 Å². The van der Waals surface area contributed by atoms with Gasteiger partial charge in [0, 0.05) is 0 Å². The average molecular weight is 411 g/mol. The maximum absolute atomic E-state index is 12.7. The summed E-state index contributed by atoms with van der Waals surface area (Å²) >= 11 is 7.51. The Morgan fingerprint density at radius 2 is 2.04 bits per heavy atom. The van der Waals surface area contributed by atoms with Crippen LogP contribution in [0.1, 0.15) is 33.1 Å². The van der Waals surface area contributed by atoms with Crippen LogP contribution in [-0.2, 0) is 9.53 Å². The minimum absolute atomic E-state index is 0.183. The first kappa shape index (κ1) is 22.2. The minimum atomic E-state index is -1.36. The van der Waals surface area contributed by atoms with E-state index in [0.29, 0.717) is 5.92 Å². The van der Waals surface area contributed by atoms with E-state index in [1.165, 1.54) is 11.8 Å². The topological polar surface area (TPSA) is 111 Å². The second kappa shape index (κ2) is 9.91. The summed E-state index contributed by atoms with van der Waals surface area (Å²) in [6, 6.07) is -1.00. The second-order valence-corrected chi connectivity index (χ2v) is 8.82. The summed E-state index contributed by atoms with van der Waals surface area (Å²) in [5, 5.41) is 36.1. The lowest BCUT2D eigenvalue weighted by molar-refractivity contribution is -0.205. The maximum Gasteiger partial charge on any atom is 0.237 e. The van der Waals surface area contributed by atoms with Crippen molar-refractivity contribution >= 4 is 29.3 Å². The van der Waals surface area contributed by atoms with Gasteiger partial charge in [0.05, 0.1) is 17.5 Å². The first-order chi connectivity index (χ1) is 12.3. The quantitative estimate of drug-likeness (QED) is 0.393. The molecule has 0 aromatic heterocycles. The lowest BCUT2D eigenvalue weighted by Crippen LogP contribution is -2.65. The van der Waals surface area contributed by atoms with Crippen molar-refractivity contribution in [2.24, 2.45) is 5.92 Å². The Labute approximate surface area is 164 Å². The molecule has 0 bridgehead atoms. The Morgan fingerprint density at radius 1 is 1.35 bits per heavy atom. The number of amides is 1. The number of nitrogens with one attached hydrogen (secondary N) is 2. The molecule has 2 aliphatic rings. The van der Waals surface area contributed by atoms with Crippen molar-refractivity contribution in [3.05, 3.63) is 0 Å². The molecule has 7 nitrogen and oxygen atoms in total. The van der Waals surface area contributed by atoms with E-state index in [0.717, 1.165) is 25.8 Å². The molecule has 5 N–H and O–H groups in total. The number of hydrogen-bond acceptors (Lipinski definition) is 7. The van der Waals surface area contributed by atoms with E-state index >= 15 is 0 Å². The summed E-state index contributed by atoms with van der Waals surface area (Å²) in [5.41, 5.74) is -0.703. The van der Waals surface area contributed by atoms with Gasteiger partial charge in [-0.3, -0.25) is 4.79 Å². The summed E-state index contributed by atoms with van der Waals surface area (Å²) < 4.78 is 5.77.